The maximum Gasteiger partial charge on any atom is 0.244 e. The van der Waals surface area contributed by atoms with E-state index in [2.05, 4.69) is 21.2 Å². The molecule has 1 atom stereocenters. The number of carbonyl (C=O) groups excluding carboxylic acids is 1. The number of para-hydroxylation sites is 1. The van der Waals surface area contributed by atoms with Crippen molar-refractivity contribution in [2.24, 2.45) is 5.73 Å². The Morgan fingerprint density at radius 1 is 1.33 bits per heavy atom. The van der Waals surface area contributed by atoms with Gasteiger partial charge in [0.2, 0.25) is 5.91 Å². The summed E-state index contributed by atoms with van der Waals surface area (Å²) >= 11 is 9.30. The monoisotopic (exact) mass is 368 g/mol. The molecule has 0 fully saturated rings. The normalized spacial score (nSPS) is 11.8. The smallest absolute Gasteiger partial charge is 0.244 e. The van der Waals surface area contributed by atoms with Crippen molar-refractivity contribution in [2.75, 3.05) is 12.4 Å². The molecule has 0 heterocycles. The van der Waals surface area contributed by atoms with Crippen molar-refractivity contribution in [3.05, 3.63) is 57.5 Å². The molecule has 0 aliphatic rings. The molecule has 2 aromatic carbocycles. The number of ether oxygens (including phenoxy) is 1. The van der Waals surface area contributed by atoms with Crippen molar-refractivity contribution in [3.8, 4) is 5.75 Å². The van der Waals surface area contributed by atoms with Crippen molar-refractivity contribution in [3.63, 3.8) is 0 Å². The van der Waals surface area contributed by atoms with E-state index < -0.39 is 11.9 Å². The van der Waals surface area contributed by atoms with E-state index in [0.29, 0.717) is 16.3 Å². The summed E-state index contributed by atoms with van der Waals surface area (Å²) in [6.45, 7) is 0. The lowest BCUT2D eigenvalue weighted by molar-refractivity contribution is -0.118. The largest absolute Gasteiger partial charge is 0.496 e. The second-order valence-electron chi connectivity index (χ2n) is 4.35. The van der Waals surface area contributed by atoms with Crippen LogP contribution in [0.15, 0.2) is 46.9 Å². The Morgan fingerprint density at radius 3 is 2.67 bits per heavy atom. The standard InChI is InChI=1S/C15H14BrClN2O2/c1-21-13-5-3-2-4-10(13)14(15(18)20)19-9-6-7-12(17)11(16)8-9/h2-8,14,19H,1H3,(H2,18,20). The topological polar surface area (TPSA) is 64.3 Å². The number of nitrogens with two attached hydrogens (primary N) is 1. The summed E-state index contributed by atoms with van der Waals surface area (Å²) in [6.07, 6.45) is 0. The van der Waals surface area contributed by atoms with Gasteiger partial charge in [0, 0.05) is 15.7 Å². The Bertz CT molecular complexity index is 664. The Kier molecular flexibility index (Phi) is 5.09. The molecule has 2 aromatic rings. The fourth-order valence-electron chi connectivity index (χ4n) is 1.96. The Morgan fingerprint density at radius 2 is 2.05 bits per heavy atom. The number of hydrogen-bond acceptors (Lipinski definition) is 3. The van der Waals surface area contributed by atoms with E-state index in [9.17, 15) is 4.79 Å². The third-order valence-electron chi connectivity index (χ3n) is 2.97. The zero-order valence-electron chi connectivity index (χ0n) is 11.3. The van der Waals surface area contributed by atoms with Gasteiger partial charge >= 0.3 is 0 Å². The lowest BCUT2D eigenvalue weighted by atomic mass is 10.0. The average Bonchev–Trinajstić information content (AvgIpc) is 2.48. The predicted molar refractivity (Wildman–Crippen MR) is 87.7 cm³/mol. The van der Waals surface area contributed by atoms with Gasteiger partial charge in [-0.25, -0.2) is 0 Å². The molecule has 0 saturated heterocycles. The molecule has 0 aliphatic heterocycles. The molecule has 2 rings (SSSR count). The number of anilines is 1. The van der Waals surface area contributed by atoms with Gasteiger partial charge in [-0.05, 0) is 40.2 Å². The number of nitrogens with one attached hydrogen (secondary N) is 1. The van der Waals surface area contributed by atoms with Crippen molar-refractivity contribution in [1.82, 2.24) is 0 Å². The maximum absolute atomic E-state index is 11.8. The van der Waals surface area contributed by atoms with E-state index in [-0.39, 0.29) is 0 Å². The third kappa shape index (κ3) is 3.68. The molecule has 0 saturated carbocycles. The van der Waals surface area contributed by atoms with Gasteiger partial charge in [-0.1, -0.05) is 29.8 Å². The molecule has 0 radical (unpaired) electrons. The van der Waals surface area contributed by atoms with E-state index in [1.165, 1.54) is 0 Å². The Balaban J connectivity index is 2.35. The molecule has 1 unspecified atom stereocenters. The molecule has 6 heteroatoms. The van der Waals surface area contributed by atoms with Crippen molar-refractivity contribution >= 4 is 39.1 Å². The van der Waals surface area contributed by atoms with Crippen LogP contribution >= 0.6 is 27.5 Å². The van der Waals surface area contributed by atoms with Crippen molar-refractivity contribution in [2.45, 2.75) is 6.04 Å². The lowest BCUT2D eigenvalue weighted by Gasteiger charge is -2.19. The van der Waals surface area contributed by atoms with Crippen LogP contribution in [0.3, 0.4) is 0 Å². The van der Waals surface area contributed by atoms with E-state index in [1.807, 2.05) is 12.1 Å². The van der Waals surface area contributed by atoms with E-state index in [4.69, 9.17) is 22.1 Å². The first-order valence-corrected chi connectivity index (χ1v) is 7.34. The molecule has 4 nitrogen and oxygen atoms in total. The van der Waals surface area contributed by atoms with Gasteiger partial charge in [-0.2, -0.15) is 0 Å². The van der Waals surface area contributed by atoms with Crippen LogP contribution in [0.4, 0.5) is 5.69 Å². The highest BCUT2D eigenvalue weighted by Gasteiger charge is 2.21. The number of amides is 1. The molecular formula is C15H14BrClN2O2. The van der Waals surface area contributed by atoms with E-state index in [1.54, 1.807) is 37.4 Å². The number of primary amides is 1. The number of rotatable bonds is 5. The third-order valence-corrected chi connectivity index (χ3v) is 4.18. The summed E-state index contributed by atoms with van der Waals surface area (Å²) in [5.74, 6) is 0.104. The Hall–Kier alpha value is -1.72. The SMILES string of the molecule is COc1ccccc1C(Nc1ccc(Cl)c(Br)c1)C(N)=O. The van der Waals surface area contributed by atoms with E-state index >= 15 is 0 Å². The van der Waals surface area contributed by atoms with Crippen LogP contribution in [0, 0.1) is 0 Å². The maximum atomic E-state index is 11.8. The zero-order valence-corrected chi connectivity index (χ0v) is 13.6. The summed E-state index contributed by atoms with van der Waals surface area (Å²) in [5, 5.41) is 3.69. The van der Waals surface area contributed by atoms with Crippen LogP contribution < -0.4 is 15.8 Å². The molecule has 0 spiro atoms. The van der Waals surface area contributed by atoms with E-state index in [0.717, 1.165) is 10.2 Å². The first kappa shape index (κ1) is 15.7. The molecule has 21 heavy (non-hydrogen) atoms. The van der Waals surface area contributed by atoms with Crippen LogP contribution in [0.25, 0.3) is 0 Å². The average molecular weight is 370 g/mol. The molecular weight excluding hydrogens is 356 g/mol. The molecule has 1 amide bonds. The molecule has 110 valence electrons. The minimum atomic E-state index is -0.700. The Labute approximate surface area is 136 Å². The number of methoxy groups -OCH3 is 1. The number of hydrogen-bond donors (Lipinski definition) is 2. The fourth-order valence-corrected chi connectivity index (χ4v) is 2.46. The zero-order chi connectivity index (χ0) is 15.4. The molecule has 3 N–H and O–H groups in total. The molecule has 0 aromatic heterocycles. The summed E-state index contributed by atoms with van der Waals surface area (Å²) in [6, 6.07) is 11.8. The van der Waals surface area contributed by atoms with Crippen LogP contribution in [-0.4, -0.2) is 13.0 Å². The summed E-state index contributed by atoms with van der Waals surface area (Å²) < 4.78 is 6.01. The summed E-state index contributed by atoms with van der Waals surface area (Å²) in [4.78, 5) is 11.8. The molecule has 0 aliphatic carbocycles. The number of halogens is 2. The van der Waals surface area contributed by atoms with Gasteiger partial charge in [0.05, 0.1) is 12.1 Å². The van der Waals surface area contributed by atoms with Crippen LogP contribution in [-0.2, 0) is 4.79 Å². The van der Waals surface area contributed by atoms with Crippen LogP contribution in [0.2, 0.25) is 5.02 Å². The quantitative estimate of drug-likeness (QED) is 0.843. The van der Waals surface area contributed by atoms with Crippen molar-refractivity contribution < 1.29 is 9.53 Å². The molecule has 0 bridgehead atoms. The van der Waals surface area contributed by atoms with Crippen molar-refractivity contribution in [1.29, 1.82) is 0 Å². The lowest BCUT2D eigenvalue weighted by Crippen LogP contribution is -2.28. The highest BCUT2D eigenvalue weighted by molar-refractivity contribution is 9.10. The van der Waals surface area contributed by atoms with Crippen LogP contribution in [0.5, 0.6) is 5.75 Å². The predicted octanol–water partition coefficient (Wildman–Crippen LogP) is 3.75. The van der Waals surface area contributed by atoms with Crippen LogP contribution in [0.1, 0.15) is 11.6 Å². The second kappa shape index (κ2) is 6.83. The first-order valence-electron chi connectivity index (χ1n) is 6.16. The fraction of sp³-hybridized carbons (Fsp3) is 0.133. The minimum absolute atomic E-state index is 0.495. The van der Waals surface area contributed by atoms with Gasteiger partial charge < -0.3 is 15.8 Å². The summed E-state index contributed by atoms with van der Waals surface area (Å²) in [5.41, 5.74) is 6.92. The van der Waals surface area contributed by atoms with Gasteiger partial charge in [-0.3, -0.25) is 4.79 Å². The number of benzene rings is 2. The van der Waals surface area contributed by atoms with Gasteiger partial charge in [0.1, 0.15) is 11.8 Å². The highest BCUT2D eigenvalue weighted by Crippen LogP contribution is 2.30. The minimum Gasteiger partial charge on any atom is -0.496 e. The summed E-state index contributed by atoms with van der Waals surface area (Å²) in [7, 11) is 1.55. The van der Waals surface area contributed by atoms with Gasteiger partial charge in [-0.15, -0.1) is 0 Å². The highest BCUT2D eigenvalue weighted by atomic mass is 79.9. The second-order valence-corrected chi connectivity index (χ2v) is 5.61. The van der Waals surface area contributed by atoms with Gasteiger partial charge in [0.25, 0.3) is 0 Å². The number of carbonyl (C=O) groups is 1. The van der Waals surface area contributed by atoms with Gasteiger partial charge in [0.15, 0.2) is 0 Å². The first-order chi connectivity index (χ1) is 10.0.